The van der Waals surface area contributed by atoms with Gasteiger partial charge in [0.2, 0.25) is 6.79 Å². The van der Waals surface area contributed by atoms with Crippen LogP contribution < -0.4 is 9.47 Å². The number of ether oxygens (including phenoxy) is 2. The Labute approximate surface area is 140 Å². The molecule has 0 spiro atoms. The summed E-state index contributed by atoms with van der Waals surface area (Å²) in [5.41, 5.74) is 2.52. The van der Waals surface area contributed by atoms with E-state index in [1.807, 2.05) is 18.2 Å². The standard InChI is InChI=1S/C19H19N3O2/c1-2-4-14(5-3-1)7-10-18-20-19(22-21-18)11-8-15-6-9-16-17(12-15)24-13-23-16/h1-6,9,12H,7-8,10-11,13H2,(H,20,21,22). The van der Waals surface area contributed by atoms with Gasteiger partial charge in [-0.2, -0.15) is 5.10 Å². The Morgan fingerprint density at radius 1 is 0.833 bits per heavy atom. The summed E-state index contributed by atoms with van der Waals surface area (Å²) < 4.78 is 10.7. The monoisotopic (exact) mass is 321 g/mol. The molecule has 0 saturated heterocycles. The maximum atomic E-state index is 5.41. The Morgan fingerprint density at radius 2 is 1.67 bits per heavy atom. The quantitative estimate of drug-likeness (QED) is 0.758. The van der Waals surface area contributed by atoms with Crippen molar-refractivity contribution in [3.63, 3.8) is 0 Å². The lowest BCUT2D eigenvalue weighted by atomic mass is 10.1. The van der Waals surface area contributed by atoms with Gasteiger partial charge in [0, 0.05) is 12.8 Å². The van der Waals surface area contributed by atoms with E-state index in [1.54, 1.807) is 0 Å². The molecule has 5 heteroatoms. The number of aryl methyl sites for hydroxylation is 4. The first-order valence-corrected chi connectivity index (χ1v) is 8.19. The van der Waals surface area contributed by atoms with Gasteiger partial charge in [0.05, 0.1) is 0 Å². The number of hydrogen-bond acceptors (Lipinski definition) is 4. The van der Waals surface area contributed by atoms with Crippen LogP contribution in [0.15, 0.2) is 48.5 Å². The molecular formula is C19H19N3O2. The molecule has 24 heavy (non-hydrogen) atoms. The van der Waals surface area contributed by atoms with Crippen molar-refractivity contribution >= 4 is 0 Å². The number of aromatic amines is 1. The van der Waals surface area contributed by atoms with Crippen LogP contribution in [-0.2, 0) is 25.7 Å². The van der Waals surface area contributed by atoms with Gasteiger partial charge >= 0.3 is 0 Å². The number of fused-ring (bicyclic) bond motifs is 1. The number of nitrogens with one attached hydrogen (secondary N) is 1. The van der Waals surface area contributed by atoms with Crippen LogP contribution in [0, 0.1) is 0 Å². The predicted octanol–water partition coefficient (Wildman–Crippen LogP) is 3.10. The smallest absolute Gasteiger partial charge is 0.231 e. The average molecular weight is 321 g/mol. The summed E-state index contributed by atoms with van der Waals surface area (Å²) in [5.74, 6) is 3.45. The zero-order chi connectivity index (χ0) is 16.2. The Hall–Kier alpha value is -2.82. The van der Waals surface area contributed by atoms with Gasteiger partial charge in [0.1, 0.15) is 5.82 Å². The maximum Gasteiger partial charge on any atom is 0.231 e. The second-order valence-corrected chi connectivity index (χ2v) is 5.87. The Morgan fingerprint density at radius 3 is 2.58 bits per heavy atom. The van der Waals surface area contributed by atoms with E-state index < -0.39 is 0 Å². The van der Waals surface area contributed by atoms with E-state index >= 15 is 0 Å². The molecular weight excluding hydrogens is 302 g/mol. The molecule has 0 bridgehead atoms. The number of benzene rings is 2. The van der Waals surface area contributed by atoms with Gasteiger partial charge in [-0.3, -0.25) is 5.10 Å². The largest absolute Gasteiger partial charge is 0.454 e. The molecule has 0 unspecified atom stereocenters. The van der Waals surface area contributed by atoms with Crippen LogP contribution in [0.2, 0.25) is 0 Å². The summed E-state index contributed by atoms with van der Waals surface area (Å²) >= 11 is 0. The van der Waals surface area contributed by atoms with Crippen molar-refractivity contribution < 1.29 is 9.47 Å². The van der Waals surface area contributed by atoms with Crippen molar-refractivity contribution in [3.05, 3.63) is 71.3 Å². The van der Waals surface area contributed by atoms with Crippen LogP contribution in [0.5, 0.6) is 11.5 Å². The number of rotatable bonds is 6. The molecule has 1 aliphatic rings. The van der Waals surface area contributed by atoms with Crippen molar-refractivity contribution in [2.24, 2.45) is 0 Å². The van der Waals surface area contributed by atoms with Crippen molar-refractivity contribution in [2.45, 2.75) is 25.7 Å². The molecule has 1 aromatic heterocycles. The number of hydrogen-bond donors (Lipinski definition) is 1. The fraction of sp³-hybridized carbons (Fsp3) is 0.263. The van der Waals surface area contributed by atoms with Gasteiger partial charge in [-0.25, -0.2) is 4.98 Å². The zero-order valence-corrected chi connectivity index (χ0v) is 13.4. The van der Waals surface area contributed by atoms with E-state index in [0.29, 0.717) is 6.79 Å². The third kappa shape index (κ3) is 3.40. The molecule has 122 valence electrons. The van der Waals surface area contributed by atoms with Crippen LogP contribution in [0.3, 0.4) is 0 Å². The summed E-state index contributed by atoms with van der Waals surface area (Å²) in [6, 6.07) is 16.5. The summed E-state index contributed by atoms with van der Waals surface area (Å²) in [7, 11) is 0. The Balaban J connectivity index is 1.32. The average Bonchev–Trinajstić information content (AvgIpc) is 3.28. The van der Waals surface area contributed by atoms with E-state index in [2.05, 4.69) is 45.5 Å². The minimum atomic E-state index is 0.310. The van der Waals surface area contributed by atoms with Crippen LogP contribution in [-0.4, -0.2) is 22.0 Å². The summed E-state index contributed by atoms with van der Waals surface area (Å²) in [4.78, 5) is 4.59. The van der Waals surface area contributed by atoms with Gasteiger partial charge < -0.3 is 9.47 Å². The molecule has 4 rings (SSSR count). The minimum Gasteiger partial charge on any atom is -0.454 e. The predicted molar refractivity (Wildman–Crippen MR) is 90.2 cm³/mol. The maximum absolute atomic E-state index is 5.41. The van der Waals surface area contributed by atoms with Gasteiger partial charge in [0.25, 0.3) is 0 Å². The highest BCUT2D eigenvalue weighted by Crippen LogP contribution is 2.32. The molecule has 0 atom stereocenters. The molecule has 0 amide bonds. The summed E-state index contributed by atoms with van der Waals surface area (Å²) in [6.45, 7) is 0.310. The molecule has 0 fully saturated rings. The zero-order valence-electron chi connectivity index (χ0n) is 13.4. The van der Waals surface area contributed by atoms with Crippen molar-refractivity contribution in [1.82, 2.24) is 15.2 Å². The highest BCUT2D eigenvalue weighted by molar-refractivity contribution is 5.44. The van der Waals surface area contributed by atoms with E-state index in [4.69, 9.17) is 9.47 Å². The Bertz CT molecular complexity index is 814. The van der Waals surface area contributed by atoms with Crippen LogP contribution >= 0.6 is 0 Å². The lowest BCUT2D eigenvalue weighted by molar-refractivity contribution is 0.174. The van der Waals surface area contributed by atoms with E-state index in [1.165, 1.54) is 11.1 Å². The molecule has 5 nitrogen and oxygen atoms in total. The van der Waals surface area contributed by atoms with Crippen LogP contribution in [0.25, 0.3) is 0 Å². The fourth-order valence-corrected chi connectivity index (χ4v) is 2.82. The van der Waals surface area contributed by atoms with E-state index in [9.17, 15) is 0 Å². The number of nitrogens with zero attached hydrogens (tertiary/aromatic N) is 2. The first-order chi connectivity index (χ1) is 11.9. The molecule has 0 aliphatic carbocycles. The van der Waals surface area contributed by atoms with E-state index in [-0.39, 0.29) is 0 Å². The van der Waals surface area contributed by atoms with Gasteiger partial charge in [0.15, 0.2) is 17.3 Å². The molecule has 1 aliphatic heterocycles. The van der Waals surface area contributed by atoms with Crippen molar-refractivity contribution in [3.8, 4) is 11.5 Å². The van der Waals surface area contributed by atoms with Crippen LogP contribution in [0.4, 0.5) is 0 Å². The molecule has 2 aromatic carbocycles. The third-order valence-corrected chi connectivity index (χ3v) is 4.15. The highest BCUT2D eigenvalue weighted by atomic mass is 16.7. The highest BCUT2D eigenvalue weighted by Gasteiger charge is 2.13. The number of H-pyrrole nitrogens is 1. The van der Waals surface area contributed by atoms with Crippen LogP contribution in [0.1, 0.15) is 22.8 Å². The first-order valence-electron chi connectivity index (χ1n) is 8.19. The normalized spacial score (nSPS) is 12.5. The van der Waals surface area contributed by atoms with Crippen molar-refractivity contribution in [2.75, 3.05) is 6.79 Å². The fourth-order valence-electron chi connectivity index (χ4n) is 2.82. The lowest BCUT2D eigenvalue weighted by Crippen LogP contribution is -1.95. The van der Waals surface area contributed by atoms with Gasteiger partial charge in [-0.05, 0) is 36.1 Å². The Kier molecular flexibility index (Phi) is 4.14. The molecule has 0 radical (unpaired) electrons. The van der Waals surface area contributed by atoms with Gasteiger partial charge in [-0.1, -0.05) is 36.4 Å². The second-order valence-electron chi connectivity index (χ2n) is 5.87. The minimum absolute atomic E-state index is 0.310. The van der Waals surface area contributed by atoms with Crippen molar-refractivity contribution in [1.29, 1.82) is 0 Å². The molecule has 2 heterocycles. The molecule has 1 N–H and O–H groups in total. The SMILES string of the molecule is c1ccc(CCc2nc(CCc3ccc4c(c3)OCO4)n[nH]2)cc1. The van der Waals surface area contributed by atoms with Gasteiger partial charge in [-0.15, -0.1) is 0 Å². The topological polar surface area (TPSA) is 60.0 Å². The lowest BCUT2D eigenvalue weighted by Gasteiger charge is -2.01. The summed E-state index contributed by atoms with van der Waals surface area (Å²) in [6.07, 6.45) is 3.53. The van der Waals surface area contributed by atoms with E-state index in [0.717, 1.165) is 48.8 Å². The second kappa shape index (κ2) is 6.74. The first kappa shape index (κ1) is 14.8. The third-order valence-electron chi connectivity index (χ3n) is 4.15. The number of aromatic nitrogens is 3. The summed E-state index contributed by atoms with van der Waals surface area (Å²) in [5, 5.41) is 7.37. The molecule has 0 saturated carbocycles. The molecule has 3 aromatic rings.